The van der Waals surface area contributed by atoms with Gasteiger partial charge in [-0.1, -0.05) is 134 Å². The van der Waals surface area contributed by atoms with Crippen LogP contribution in [0.2, 0.25) is 0 Å². The zero-order valence-corrected chi connectivity index (χ0v) is 51.7. The topological polar surface area (TPSA) is 171 Å². The number of benzene rings is 7. The molecule has 464 valence electrons. The number of rotatable bonds is 26. The van der Waals surface area contributed by atoms with E-state index in [4.69, 9.17) is 33.5 Å². The van der Waals surface area contributed by atoms with Crippen molar-refractivity contribution in [3.63, 3.8) is 0 Å². The van der Waals surface area contributed by atoms with Crippen LogP contribution >= 0.6 is 0 Å². The second-order valence-corrected chi connectivity index (χ2v) is 25.5. The smallest absolute Gasteiger partial charge is 0.332 e. The van der Waals surface area contributed by atoms with Gasteiger partial charge in [-0.05, 0) is 127 Å². The van der Waals surface area contributed by atoms with Crippen molar-refractivity contribution in [1.82, 2.24) is 4.31 Å². The van der Waals surface area contributed by atoms with E-state index in [0.29, 0.717) is 73.5 Å². The molecule has 1 aliphatic carbocycles. The molecule has 1 saturated heterocycles. The number of carboxylic acids is 1. The van der Waals surface area contributed by atoms with Crippen LogP contribution in [-0.4, -0.2) is 108 Å². The number of carboxylic acid groups (broad SMARTS) is 1. The van der Waals surface area contributed by atoms with Gasteiger partial charge in [0.1, 0.15) is 47.6 Å². The second kappa shape index (κ2) is 27.5. The van der Waals surface area contributed by atoms with Crippen molar-refractivity contribution in [2.75, 3.05) is 76.6 Å². The van der Waals surface area contributed by atoms with Gasteiger partial charge in [0.25, 0.3) is 0 Å². The molecule has 5 aliphatic rings. The molecule has 16 heteroatoms. The van der Waals surface area contributed by atoms with E-state index in [1.54, 1.807) is 30.7 Å². The number of sulfonamides is 1. The number of nitrogens with zero attached hydrogens (tertiary/aromatic N) is 3. The van der Waals surface area contributed by atoms with Gasteiger partial charge in [-0.15, -0.1) is 0 Å². The Morgan fingerprint density at radius 2 is 1.31 bits per heavy atom. The average Bonchev–Trinajstić information content (AvgIpc) is 0.842. The summed E-state index contributed by atoms with van der Waals surface area (Å²) in [5, 5.41) is 9.08. The Kier molecular flexibility index (Phi) is 18.8. The molecule has 7 aromatic rings. The van der Waals surface area contributed by atoms with E-state index in [9.17, 15) is 14.4 Å². The van der Waals surface area contributed by atoms with Crippen LogP contribution in [0.5, 0.6) is 17.2 Å². The van der Waals surface area contributed by atoms with Crippen molar-refractivity contribution in [1.29, 1.82) is 0 Å². The summed E-state index contributed by atoms with van der Waals surface area (Å²) < 4.78 is 67.9. The van der Waals surface area contributed by atoms with Crippen molar-refractivity contribution in [3.05, 3.63) is 238 Å². The zero-order chi connectivity index (χ0) is 62.2. The van der Waals surface area contributed by atoms with Gasteiger partial charge in [0.2, 0.25) is 10.0 Å². The number of methoxy groups -OCH3 is 2. The van der Waals surface area contributed by atoms with Crippen molar-refractivity contribution < 1.29 is 56.3 Å². The van der Waals surface area contributed by atoms with Gasteiger partial charge in [0.05, 0.1) is 38.4 Å². The van der Waals surface area contributed by atoms with Crippen LogP contribution in [0.15, 0.2) is 204 Å². The maximum Gasteiger partial charge on any atom is 0.332 e. The molecule has 15 nitrogen and oxygen atoms in total. The Balaban J connectivity index is 0.724. The number of anilines is 3. The quantitative estimate of drug-likeness (QED) is 0.0308. The highest BCUT2D eigenvalue weighted by atomic mass is 32.2. The van der Waals surface area contributed by atoms with Crippen LogP contribution < -0.4 is 24.0 Å². The number of Topliss-reactive ketones (excluding diaryl/α,β-unsaturated/α-hetero) is 1. The summed E-state index contributed by atoms with van der Waals surface area (Å²) in [5.74, 6) is 0.358. The average molecular weight is 1230 g/mol. The van der Waals surface area contributed by atoms with Crippen molar-refractivity contribution in [2.24, 2.45) is 11.8 Å². The van der Waals surface area contributed by atoms with Crippen LogP contribution in [0, 0.1) is 11.8 Å². The lowest BCUT2D eigenvalue weighted by Crippen LogP contribution is -2.40. The molecule has 0 spiro atoms. The lowest BCUT2D eigenvalue weighted by molar-refractivity contribution is -0.154. The maximum atomic E-state index is 15.2. The highest BCUT2D eigenvalue weighted by Crippen LogP contribution is 2.49. The molecule has 12 rings (SSSR count). The molecule has 0 saturated carbocycles. The Morgan fingerprint density at radius 3 is 2.02 bits per heavy atom. The number of esters is 1. The summed E-state index contributed by atoms with van der Waals surface area (Å²) in [4.78, 5) is 43.0. The Hall–Kier alpha value is -8.80. The molecular formula is C74H75N3O12S. The summed E-state index contributed by atoms with van der Waals surface area (Å²) >= 11 is 0. The second-order valence-electron chi connectivity index (χ2n) is 23.5. The molecular weight excluding hydrogens is 1150 g/mol. The number of hydrogen-bond acceptors (Lipinski definition) is 13. The fraction of sp³-hybridized carbons (Fsp3) is 0.311. The van der Waals surface area contributed by atoms with Crippen LogP contribution in [0.4, 0.5) is 17.1 Å². The summed E-state index contributed by atoms with van der Waals surface area (Å²) in [7, 11) is -0.825. The van der Waals surface area contributed by atoms with Crippen LogP contribution in [-0.2, 0) is 57.1 Å². The molecule has 90 heavy (non-hydrogen) atoms. The predicted octanol–water partition coefficient (Wildman–Crippen LogP) is 12.7. The number of piperidine rings is 1. The fourth-order valence-electron chi connectivity index (χ4n) is 13.4. The number of allylic oxidation sites excluding steroid dienone is 1. The number of unbranched alkanes of at least 4 members (excludes halogenated alkanes) is 2. The van der Waals surface area contributed by atoms with Gasteiger partial charge in [-0.3, -0.25) is 4.79 Å². The molecule has 4 heterocycles. The van der Waals surface area contributed by atoms with Gasteiger partial charge in [-0.25, -0.2) is 18.0 Å². The SMILES string of the molecule is COc1ccc(C(OCC(CCCCCC(=O)C2CCN(S(=O)(=O)c3ccccc3C3=C4C=CC(N5CCc6ccccc65)C=C4Oc4cc(N5CCc6ccccc65)ccc43)CC2)COC(=O)COCC(=O)O)(c2ccccc2)c2ccc(OC)cc2)cc1. The van der Waals surface area contributed by atoms with Crippen LogP contribution in [0.1, 0.15) is 83.9 Å². The molecule has 4 aliphatic heterocycles. The van der Waals surface area contributed by atoms with Gasteiger partial charge in [0, 0.05) is 89.8 Å². The molecule has 1 fully saturated rings. The minimum Gasteiger partial charge on any atom is -0.497 e. The number of carbonyl (C=O) groups excluding carboxylic acids is 2. The monoisotopic (exact) mass is 1230 g/mol. The predicted molar refractivity (Wildman–Crippen MR) is 346 cm³/mol. The normalized spacial score (nSPS) is 16.7. The van der Waals surface area contributed by atoms with E-state index in [2.05, 4.69) is 94.8 Å². The Labute approximate surface area is 526 Å². The zero-order valence-electron chi connectivity index (χ0n) is 50.8. The standard InChI is InChI=1S/C74H75N3O12S/c1-84-60-31-25-56(26-32-60)74(55-18-6-4-7-19-55,57-27-33-61(85-2)34-28-57)88-48-51(47-87-72(81)50-86-49-71(79)80)15-5-3-8-23-67(78)54-37-41-75(42-38-54)90(82,83)70-24-14-11-20-64(70)73-62-35-29-58(76-43-39-52-16-9-12-21-65(52)76)45-68(62)89-69-46-59(30-36-63(69)73)77-44-40-53-17-10-13-22-66(53)77/h4,6-7,9-14,16-22,24-36,45-46,51,54,58H,3,5,8,15,23,37-44,47-50H2,1-2H3,(H,79,80). The minimum atomic E-state index is -4.06. The highest BCUT2D eigenvalue weighted by Gasteiger charge is 2.40. The molecule has 0 bridgehead atoms. The third kappa shape index (κ3) is 13.0. The van der Waals surface area contributed by atoms with E-state index in [1.165, 1.54) is 22.5 Å². The van der Waals surface area contributed by atoms with E-state index in [-0.39, 0.29) is 54.9 Å². The fourth-order valence-corrected chi connectivity index (χ4v) is 15.1. The van der Waals surface area contributed by atoms with Crippen molar-refractivity contribution in [3.8, 4) is 17.2 Å². The van der Waals surface area contributed by atoms with E-state index in [1.807, 2.05) is 91.0 Å². The first kappa shape index (κ1) is 61.4. The number of para-hydroxylation sites is 2. The number of fused-ring (bicyclic) bond motifs is 4. The molecule has 0 aromatic heterocycles. The number of hydrogen-bond donors (Lipinski definition) is 1. The minimum absolute atomic E-state index is 0.0174. The first-order chi connectivity index (χ1) is 43.9. The molecule has 2 unspecified atom stereocenters. The van der Waals surface area contributed by atoms with Gasteiger partial charge < -0.3 is 43.3 Å². The summed E-state index contributed by atoms with van der Waals surface area (Å²) in [5.41, 5.74) is 10.4. The summed E-state index contributed by atoms with van der Waals surface area (Å²) in [6, 6.07) is 55.9. The first-order valence-corrected chi connectivity index (χ1v) is 32.6. The summed E-state index contributed by atoms with van der Waals surface area (Å²) in [6.07, 6.45) is 12.1. The lowest BCUT2D eigenvalue weighted by atomic mass is 9.79. The number of ether oxygens (including phenoxy) is 6. The Bertz CT molecular complexity index is 3900. The van der Waals surface area contributed by atoms with Gasteiger partial charge in [-0.2, -0.15) is 4.31 Å². The van der Waals surface area contributed by atoms with Crippen molar-refractivity contribution >= 4 is 50.4 Å². The number of aliphatic carboxylic acids is 1. The molecule has 1 N–H and O–H groups in total. The van der Waals surface area contributed by atoms with E-state index >= 15 is 8.42 Å². The van der Waals surface area contributed by atoms with Crippen LogP contribution in [0.25, 0.3) is 5.57 Å². The third-order valence-corrected chi connectivity index (χ3v) is 20.1. The number of carbonyl (C=O) groups is 3. The largest absolute Gasteiger partial charge is 0.497 e. The molecule has 0 amide bonds. The maximum absolute atomic E-state index is 15.2. The third-order valence-electron chi connectivity index (χ3n) is 18.1. The van der Waals surface area contributed by atoms with Gasteiger partial charge >= 0.3 is 11.9 Å². The van der Waals surface area contributed by atoms with Gasteiger partial charge in [0.15, 0.2) is 0 Å². The highest BCUT2D eigenvalue weighted by molar-refractivity contribution is 7.89. The van der Waals surface area contributed by atoms with Crippen molar-refractivity contribution in [2.45, 2.75) is 74.3 Å². The molecule has 7 aromatic carbocycles. The first-order valence-electron chi connectivity index (χ1n) is 31.1. The summed E-state index contributed by atoms with van der Waals surface area (Å²) in [6.45, 7) is 1.12. The van der Waals surface area contributed by atoms with Crippen LogP contribution in [0.3, 0.4) is 0 Å². The van der Waals surface area contributed by atoms with E-state index < -0.39 is 40.8 Å². The lowest BCUT2D eigenvalue weighted by Gasteiger charge is -2.37. The van der Waals surface area contributed by atoms with E-state index in [0.717, 1.165) is 65.0 Å². The molecule has 0 radical (unpaired) electrons. The number of ketones is 1. The molecule has 2 atom stereocenters. The Morgan fingerprint density at radius 1 is 0.667 bits per heavy atom.